The molecule has 2 aromatic carbocycles. The largest absolute Gasteiger partial charge is 0.493 e. The average Bonchev–Trinajstić information content (AvgIpc) is 2.98. The third-order valence-corrected chi connectivity index (χ3v) is 8.07. The van der Waals surface area contributed by atoms with Gasteiger partial charge in [-0.15, -0.1) is 0 Å². The molecule has 3 aromatic rings. The highest BCUT2D eigenvalue weighted by Crippen LogP contribution is 2.49. The fourth-order valence-corrected chi connectivity index (χ4v) is 5.39. The fraction of sp³-hybridized carbons (Fsp3) is 0.531. The molecule has 0 aliphatic rings. The second-order valence-corrected chi connectivity index (χ2v) is 11.7. The number of benzene rings is 2. The van der Waals surface area contributed by atoms with Gasteiger partial charge in [-0.2, -0.15) is 0 Å². The van der Waals surface area contributed by atoms with Gasteiger partial charge < -0.3 is 32.4 Å². The molecule has 0 atom stereocenters. The molecule has 3 rings (SSSR count). The van der Waals surface area contributed by atoms with Crippen molar-refractivity contribution in [3.05, 3.63) is 46.6 Å². The summed E-state index contributed by atoms with van der Waals surface area (Å²) in [6.45, 7) is 11.6. The van der Waals surface area contributed by atoms with Crippen LogP contribution in [0.5, 0.6) is 23.0 Å². The van der Waals surface area contributed by atoms with E-state index in [1.54, 1.807) is 50.2 Å². The van der Waals surface area contributed by atoms with E-state index in [0.29, 0.717) is 53.6 Å². The van der Waals surface area contributed by atoms with Crippen molar-refractivity contribution in [3.63, 3.8) is 0 Å². The van der Waals surface area contributed by atoms with Gasteiger partial charge in [-0.1, -0.05) is 40.0 Å². The van der Waals surface area contributed by atoms with E-state index in [0.717, 1.165) is 38.5 Å². The van der Waals surface area contributed by atoms with Gasteiger partial charge in [0.05, 0.1) is 38.4 Å². The molecule has 1 heterocycles. The van der Waals surface area contributed by atoms with Gasteiger partial charge in [0, 0.05) is 11.6 Å². The highest BCUT2D eigenvalue weighted by atomic mass is 31.2. The van der Waals surface area contributed by atoms with Crippen molar-refractivity contribution in [2.24, 2.45) is 0 Å². The number of hydrogen-bond acceptors (Lipinski definition) is 9. The number of unbranched alkanes of at least 4 members (excludes halogenated alkanes) is 3. The molecule has 0 unspecified atom stereocenters. The Morgan fingerprint density at radius 2 is 1.36 bits per heavy atom. The Bertz CT molecular complexity index is 1360. The predicted octanol–water partition coefficient (Wildman–Crippen LogP) is 8.60. The number of rotatable bonds is 20. The molecule has 0 radical (unpaired) electrons. The topological polar surface area (TPSA) is 103 Å². The molecule has 0 bridgehead atoms. The zero-order chi connectivity index (χ0) is 30.4. The van der Waals surface area contributed by atoms with E-state index in [1.807, 2.05) is 0 Å². The maximum atomic E-state index is 13.7. The molecule has 0 amide bonds. The van der Waals surface area contributed by atoms with Crippen LogP contribution >= 0.6 is 7.60 Å². The Labute approximate surface area is 248 Å². The number of ether oxygens (including phenoxy) is 4. The molecular formula is C32H45O9P. The highest BCUT2D eigenvalue weighted by Gasteiger charge is 2.26. The minimum Gasteiger partial charge on any atom is -0.493 e. The van der Waals surface area contributed by atoms with Crippen LogP contribution in [0, 0.1) is 0 Å². The lowest BCUT2D eigenvalue weighted by Gasteiger charge is -2.19. The van der Waals surface area contributed by atoms with Crippen molar-refractivity contribution < 1.29 is 37.0 Å². The first kappa shape index (κ1) is 33.5. The molecule has 10 heteroatoms. The van der Waals surface area contributed by atoms with Crippen LogP contribution < -0.4 is 24.4 Å². The van der Waals surface area contributed by atoms with Gasteiger partial charge in [0.1, 0.15) is 11.3 Å². The normalized spacial score (nSPS) is 11.5. The van der Waals surface area contributed by atoms with Gasteiger partial charge in [0.2, 0.25) is 11.2 Å². The van der Waals surface area contributed by atoms with Crippen LogP contribution in [0.3, 0.4) is 0 Å². The molecule has 0 saturated carbocycles. The summed E-state index contributed by atoms with van der Waals surface area (Å²) < 4.78 is 54.2. The molecule has 1 aromatic heterocycles. The SMILES string of the molecule is CCCCOc1ccc2c(=O)c(OCCCC)c(-c3ccc(OCCCC)c(OCP(=O)(OCC)OCC)c3)oc2c1. The van der Waals surface area contributed by atoms with Gasteiger partial charge in [-0.25, -0.2) is 0 Å². The van der Waals surface area contributed by atoms with Crippen molar-refractivity contribution in [2.75, 3.05) is 39.4 Å². The predicted molar refractivity (Wildman–Crippen MR) is 165 cm³/mol. The Hall–Kier alpha value is -3.00. The molecule has 9 nitrogen and oxygen atoms in total. The minimum absolute atomic E-state index is 0.121. The lowest BCUT2D eigenvalue weighted by Crippen LogP contribution is -2.11. The second kappa shape index (κ2) is 17.2. The Kier molecular flexibility index (Phi) is 13.7. The smallest absolute Gasteiger partial charge is 0.367 e. The van der Waals surface area contributed by atoms with Crippen molar-refractivity contribution in [1.29, 1.82) is 0 Å². The average molecular weight is 605 g/mol. The maximum absolute atomic E-state index is 13.7. The van der Waals surface area contributed by atoms with E-state index in [2.05, 4.69) is 20.8 Å². The Morgan fingerprint density at radius 3 is 2.00 bits per heavy atom. The number of hydrogen-bond donors (Lipinski definition) is 0. The molecule has 0 spiro atoms. The Morgan fingerprint density at radius 1 is 0.714 bits per heavy atom. The van der Waals surface area contributed by atoms with Gasteiger partial charge in [0.25, 0.3) is 0 Å². The van der Waals surface area contributed by atoms with Crippen LogP contribution in [0.2, 0.25) is 0 Å². The van der Waals surface area contributed by atoms with E-state index in [4.69, 9.17) is 32.4 Å². The summed E-state index contributed by atoms with van der Waals surface area (Å²) in [4.78, 5) is 13.7. The van der Waals surface area contributed by atoms with Crippen LogP contribution in [0.1, 0.15) is 73.1 Å². The van der Waals surface area contributed by atoms with Crippen LogP contribution in [-0.4, -0.2) is 39.4 Å². The van der Waals surface area contributed by atoms with Crippen molar-refractivity contribution >= 4 is 18.6 Å². The zero-order valence-corrected chi connectivity index (χ0v) is 26.5. The molecule has 0 aliphatic heterocycles. The summed E-state index contributed by atoms with van der Waals surface area (Å²) in [5, 5.41) is 0.401. The zero-order valence-electron chi connectivity index (χ0n) is 25.6. The monoisotopic (exact) mass is 604 g/mol. The highest BCUT2D eigenvalue weighted by molar-refractivity contribution is 7.53. The maximum Gasteiger partial charge on any atom is 0.367 e. The first-order valence-electron chi connectivity index (χ1n) is 15.0. The lowest BCUT2D eigenvalue weighted by molar-refractivity contribution is 0.194. The summed E-state index contributed by atoms with van der Waals surface area (Å²) in [5.74, 6) is 1.79. The summed E-state index contributed by atoms with van der Waals surface area (Å²) in [6, 6.07) is 10.4. The molecular weight excluding hydrogens is 559 g/mol. The van der Waals surface area contributed by atoms with E-state index >= 15 is 0 Å². The first-order valence-corrected chi connectivity index (χ1v) is 16.8. The first-order chi connectivity index (χ1) is 20.4. The molecule has 232 valence electrons. The van der Waals surface area contributed by atoms with Crippen LogP contribution in [0.25, 0.3) is 22.3 Å². The van der Waals surface area contributed by atoms with E-state index in [1.165, 1.54) is 0 Å². The lowest BCUT2D eigenvalue weighted by atomic mass is 10.1. The van der Waals surface area contributed by atoms with E-state index in [9.17, 15) is 9.36 Å². The molecule has 42 heavy (non-hydrogen) atoms. The van der Waals surface area contributed by atoms with Crippen molar-refractivity contribution in [3.8, 4) is 34.3 Å². The van der Waals surface area contributed by atoms with Gasteiger partial charge in [0.15, 0.2) is 23.6 Å². The number of fused-ring (bicyclic) bond motifs is 1. The summed E-state index contributed by atoms with van der Waals surface area (Å²) >= 11 is 0. The Balaban J connectivity index is 2.10. The summed E-state index contributed by atoms with van der Waals surface area (Å²) in [7, 11) is -3.50. The van der Waals surface area contributed by atoms with E-state index < -0.39 is 7.60 Å². The fourth-order valence-electron chi connectivity index (χ4n) is 4.08. The third-order valence-electron chi connectivity index (χ3n) is 6.32. The van der Waals surface area contributed by atoms with Crippen LogP contribution in [0.4, 0.5) is 0 Å². The van der Waals surface area contributed by atoms with Crippen molar-refractivity contribution in [1.82, 2.24) is 0 Å². The molecule has 0 fully saturated rings. The van der Waals surface area contributed by atoms with Crippen molar-refractivity contribution in [2.45, 2.75) is 73.1 Å². The van der Waals surface area contributed by atoms with Gasteiger partial charge in [-0.3, -0.25) is 9.36 Å². The summed E-state index contributed by atoms with van der Waals surface area (Å²) in [5.41, 5.74) is 0.651. The molecule has 0 N–H and O–H groups in total. The van der Waals surface area contributed by atoms with Gasteiger partial charge >= 0.3 is 7.60 Å². The van der Waals surface area contributed by atoms with Crippen LogP contribution in [-0.2, 0) is 13.6 Å². The quantitative estimate of drug-likeness (QED) is 0.0926. The summed E-state index contributed by atoms with van der Waals surface area (Å²) in [6.07, 6.45) is 5.14. The van der Waals surface area contributed by atoms with Crippen LogP contribution in [0.15, 0.2) is 45.6 Å². The third kappa shape index (κ3) is 9.25. The molecule has 0 aliphatic carbocycles. The molecule has 0 saturated heterocycles. The van der Waals surface area contributed by atoms with E-state index in [-0.39, 0.29) is 36.5 Å². The van der Waals surface area contributed by atoms with Gasteiger partial charge in [-0.05, 0) is 63.4 Å². The minimum atomic E-state index is -3.50. The second-order valence-electron chi connectivity index (χ2n) is 9.73. The standard InChI is InChI=1S/C32H45O9P/c1-6-11-18-35-25-15-16-26-28(22-25)41-31(32(30(26)33)37-20-13-8-3)24-14-17-27(36-19-12-7-2)29(21-24)38-23-42(34,39-9-4)40-10-5/h14-17,21-22H,6-13,18-20,23H2,1-5H3.